The molecule has 1 aromatic rings. The topological polar surface area (TPSA) is 0 Å². The summed E-state index contributed by atoms with van der Waals surface area (Å²) >= 11 is 0. The Morgan fingerprint density at radius 2 is 0.667 bits per heavy atom. The van der Waals surface area contributed by atoms with Crippen LogP contribution in [-0.4, -0.2) is 0 Å². The normalized spacial score (nSPS) is 45.0. The lowest BCUT2D eigenvalue weighted by atomic mass is 9.36. The van der Waals surface area contributed by atoms with Crippen molar-refractivity contribution in [3.8, 4) is 72.6 Å². The summed E-state index contributed by atoms with van der Waals surface area (Å²) in [6.45, 7) is 0. The number of terminal acetylenes is 3. The second-order valence-corrected chi connectivity index (χ2v) is 12.3. The molecule has 0 heteroatoms. The first-order valence-corrected chi connectivity index (χ1v) is 12.0. The second kappa shape index (κ2) is 5.55. The fraction of sp³-hybridized carbons (Fsp3) is 0.455. The van der Waals surface area contributed by atoms with E-state index in [-0.39, 0.29) is 32.5 Å². The Bertz CT molecular complexity index is 1220. The van der Waals surface area contributed by atoms with Crippen LogP contribution in [0.5, 0.6) is 0 Å². The molecule has 6 bridgehead atoms. The molecule has 0 unspecified atom stereocenters. The highest BCUT2D eigenvalue weighted by Crippen LogP contribution is 2.74. The Kier molecular flexibility index (Phi) is 3.21. The van der Waals surface area contributed by atoms with E-state index in [4.69, 9.17) is 19.3 Å². The van der Waals surface area contributed by atoms with Crippen molar-refractivity contribution in [3.63, 3.8) is 0 Å². The molecule has 0 spiro atoms. The minimum Gasteiger partial charge on any atom is -0.120 e. The predicted octanol–water partition coefficient (Wildman–Crippen LogP) is 5.15. The van der Waals surface area contributed by atoms with Gasteiger partial charge in [-0.05, 0) is 76.0 Å². The van der Waals surface area contributed by atoms with Crippen LogP contribution in [0.15, 0.2) is 18.2 Å². The third kappa shape index (κ3) is 2.52. The van der Waals surface area contributed by atoms with Crippen molar-refractivity contribution in [2.24, 2.45) is 32.5 Å². The van der Waals surface area contributed by atoms with Crippen LogP contribution in [0.1, 0.15) is 74.5 Å². The van der Waals surface area contributed by atoms with E-state index >= 15 is 0 Å². The van der Waals surface area contributed by atoms with E-state index in [0.717, 1.165) is 74.5 Å². The molecule has 9 saturated carbocycles. The molecule has 0 saturated heterocycles. The average molecular weight is 421 g/mol. The van der Waals surface area contributed by atoms with E-state index in [0.29, 0.717) is 0 Å². The maximum Gasteiger partial charge on any atom is 0.0361 e. The second-order valence-electron chi connectivity index (χ2n) is 12.3. The van der Waals surface area contributed by atoms with Gasteiger partial charge >= 0.3 is 0 Å². The van der Waals surface area contributed by atoms with Gasteiger partial charge in [-0.15, -0.1) is 19.3 Å². The number of rotatable bonds is 0. The minimum atomic E-state index is 0.144. The van der Waals surface area contributed by atoms with E-state index in [1.165, 1.54) is 0 Å². The van der Waals surface area contributed by atoms with Crippen molar-refractivity contribution < 1.29 is 0 Å². The Morgan fingerprint density at radius 3 is 0.879 bits per heavy atom. The molecule has 0 N–H and O–H groups in total. The van der Waals surface area contributed by atoms with Crippen LogP contribution < -0.4 is 0 Å². The van der Waals surface area contributed by atoms with Crippen LogP contribution in [0.2, 0.25) is 0 Å². The third-order valence-electron chi connectivity index (χ3n) is 9.36. The zero-order valence-electron chi connectivity index (χ0n) is 18.8. The molecule has 0 aliphatic heterocycles. The van der Waals surface area contributed by atoms with Crippen molar-refractivity contribution >= 4 is 0 Å². The summed E-state index contributed by atoms with van der Waals surface area (Å²) in [6, 6.07) is 6.35. The lowest BCUT2D eigenvalue weighted by Gasteiger charge is -2.65. The number of hydrogen-bond acceptors (Lipinski definition) is 0. The highest BCUT2D eigenvalue weighted by Gasteiger charge is 2.68. The zero-order chi connectivity index (χ0) is 22.6. The van der Waals surface area contributed by atoms with E-state index in [1.54, 1.807) is 0 Å². The SMILES string of the molecule is C#CC12CC(C#Cc3cc(C#CC45CC(C#C)(C4)C5)cc(C#CC45CC(C#C)(C4)C5)c3)(C1)C2. The van der Waals surface area contributed by atoms with Gasteiger partial charge in [0, 0.05) is 49.2 Å². The standard InChI is InChI=1S/C33H24/c1-4-28-16-31(17-28,18-28)10-7-25-13-26(8-11-32-19-29(5-2,20-32)21-32)15-27(14-25)9-12-33-22-30(6-3,23-33)24-33/h1-3,13-15H,16-24H2. The van der Waals surface area contributed by atoms with Gasteiger partial charge in [0.05, 0.1) is 0 Å². The van der Waals surface area contributed by atoms with Crippen LogP contribution >= 0.6 is 0 Å². The van der Waals surface area contributed by atoms with Gasteiger partial charge < -0.3 is 0 Å². The summed E-state index contributed by atoms with van der Waals surface area (Å²) < 4.78 is 0. The fourth-order valence-electron chi connectivity index (χ4n) is 7.68. The zero-order valence-corrected chi connectivity index (χ0v) is 18.8. The average Bonchev–Trinajstić information content (AvgIpc) is 2.62. The molecule has 33 heavy (non-hydrogen) atoms. The van der Waals surface area contributed by atoms with Crippen LogP contribution in [0.25, 0.3) is 0 Å². The van der Waals surface area contributed by atoms with Gasteiger partial charge in [0.15, 0.2) is 0 Å². The quantitative estimate of drug-likeness (QED) is 0.509. The Hall–Kier alpha value is -3.42. The van der Waals surface area contributed by atoms with Crippen LogP contribution in [0.4, 0.5) is 0 Å². The molecule has 9 aliphatic carbocycles. The highest BCUT2D eigenvalue weighted by atomic mass is 14.7. The monoisotopic (exact) mass is 420 g/mol. The van der Waals surface area contributed by atoms with E-state index < -0.39 is 0 Å². The van der Waals surface area contributed by atoms with Crippen LogP contribution in [0, 0.1) is 105 Å². The van der Waals surface area contributed by atoms with E-state index in [1.807, 2.05) is 0 Å². The first-order chi connectivity index (χ1) is 15.8. The predicted molar refractivity (Wildman–Crippen MR) is 130 cm³/mol. The molecular formula is C33H24. The molecule has 0 radical (unpaired) electrons. The van der Waals surface area contributed by atoms with Gasteiger partial charge in [0.1, 0.15) is 0 Å². The maximum atomic E-state index is 5.67. The maximum absolute atomic E-state index is 5.67. The largest absolute Gasteiger partial charge is 0.120 e. The molecule has 0 atom stereocenters. The Morgan fingerprint density at radius 1 is 0.424 bits per heavy atom. The van der Waals surface area contributed by atoms with Crippen LogP contribution in [0.3, 0.4) is 0 Å². The lowest BCUT2D eigenvalue weighted by Crippen LogP contribution is -2.59. The Labute approximate surface area is 197 Å². The molecule has 9 aliphatic rings. The van der Waals surface area contributed by atoms with Gasteiger partial charge in [-0.3, -0.25) is 0 Å². The van der Waals surface area contributed by atoms with Crippen molar-refractivity contribution in [1.82, 2.24) is 0 Å². The molecule has 1 aromatic carbocycles. The first-order valence-electron chi connectivity index (χ1n) is 12.0. The van der Waals surface area contributed by atoms with Gasteiger partial charge in [0.2, 0.25) is 0 Å². The van der Waals surface area contributed by atoms with Gasteiger partial charge in [-0.2, -0.15) is 0 Å². The number of hydrogen-bond donors (Lipinski definition) is 0. The van der Waals surface area contributed by atoms with Crippen molar-refractivity contribution in [3.05, 3.63) is 34.9 Å². The van der Waals surface area contributed by atoms with E-state index in [2.05, 4.69) is 71.5 Å². The molecule has 156 valence electrons. The molecule has 0 nitrogen and oxygen atoms in total. The smallest absolute Gasteiger partial charge is 0.0361 e. The van der Waals surface area contributed by atoms with E-state index in [9.17, 15) is 0 Å². The van der Waals surface area contributed by atoms with Gasteiger partial charge in [-0.25, -0.2) is 0 Å². The summed E-state index contributed by atoms with van der Waals surface area (Å²) in [5.74, 6) is 29.8. The van der Waals surface area contributed by atoms with Crippen molar-refractivity contribution in [2.45, 2.75) is 57.8 Å². The van der Waals surface area contributed by atoms with Gasteiger partial charge in [-0.1, -0.05) is 53.3 Å². The van der Waals surface area contributed by atoms with Crippen LogP contribution in [-0.2, 0) is 0 Å². The summed E-state index contributed by atoms with van der Waals surface area (Å²) in [4.78, 5) is 0. The molecule has 0 aromatic heterocycles. The lowest BCUT2D eigenvalue weighted by molar-refractivity contribution is -0.113. The molecule has 10 rings (SSSR count). The summed E-state index contributed by atoms with van der Waals surface area (Å²) in [5, 5.41) is 0. The molecular weight excluding hydrogens is 396 g/mol. The molecule has 0 heterocycles. The fourth-order valence-corrected chi connectivity index (χ4v) is 7.68. The first kappa shape index (κ1) is 19.1. The van der Waals surface area contributed by atoms with Crippen molar-refractivity contribution in [1.29, 1.82) is 0 Å². The molecule has 9 fully saturated rings. The summed E-state index contributed by atoms with van der Waals surface area (Å²) in [6.07, 6.45) is 26.5. The third-order valence-corrected chi connectivity index (χ3v) is 9.36. The summed E-state index contributed by atoms with van der Waals surface area (Å²) in [5.41, 5.74) is 3.88. The Balaban J connectivity index is 1.16. The van der Waals surface area contributed by atoms with Crippen molar-refractivity contribution in [2.75, 3.05) is 0 Å². The number of benzene rings is 1. The van der Waals surface area contributed by atoms with Gasteiger partial charge in [0.25, 0.3) is 0 Å². The highest BCUT2D eigenvalue weighted by molar-refractivity contribution is 5.54. The minimum absolute atomic E-state index is 0.144. The summed E-state index contributed by atoms with van der Waals surface area (Å²) in [7, 11) is 0. The molecule has 0 amide bonds.